The summed E-state index contributed by atoms with van der Waals surface area (Å²) in [5.41, 5.74) is 3.50. The van der Waals surface area contributed by atoms with Crippen LogP contribution < -0.4 is 0 Å². The summed E-state index contributed by atoms with van der Waals surface area (Å²) in [4.78, 5) is 0. The molecule has 0 nitrogen and oxygen atoms in total. The van der Waals surface area contributed by atoms with Crippen molar-refractivity contribution in [3.05, 3.63) is 11.1 Å². The Hall–Kier alpha value is 0.0900. The van der Waals surface area contributed by atoms with Crippen LogP contribution in [0.15, 0.2) is 11.1 Å². The average molecular weight is 212 g/mol. The third-order valence-corrected chi connectivity index (χ3v) is 5.69. The number of hydrogen-bond donors (Lipinski definition) is 0. The largest absolute Gasteiger partial charge is 0.146 e. The second-order valence-corrected chi connectivity index (χ2v) is 5.78. The smallest absolute Gasteiger partial charge is 0.0394 e. The molecule has 0 amide bonds. The average Bonchev–Trinajstić information content (AvgIpc) is 2.56. The lowest BCUT2D eigenvalue weighted by atomic mass is 9.81. The van der Waals surface area contributed by atoms with Crippen LogP contribution >= 0.6 is 11.8 Å². The molecule has 0 aromatic heterocycles. The molecule has 1 heterocycles. The molecule has 1 rings (SSSR count). The number of hydrogen-bond acceptors (Lipinski definition) is 1. The van der Waals surface area contributed by atoms with E-state index in [0.29, 0.717) is 4.75 Å². The van der Waals surface area contributed by atoms with Gasteiger partial charge in [-0.15, -0.1) is 11.8 Å². The fourth-order valence-electron chi connectivity index (χ4n) is 2.79. The summed E-state index contributed by atoms with van der Waals surface area (Å²) in [7, 11) is 0. The van der Waals surface area contributed by atoms with E-state index in [1.165, 1.54) is 25.0 Å². The summed E-state index contributed by atoms with van der Waals surface area (Å²) in [6, 6.07) is 0. The van der Waals surface area contributed by atoms with E-state index in [9.17, 15) is 0 Å². The van der Waals surface area contributed by atoms with Crippen LogP contribution in [0.4, 0.5) is 0 Å². The van der Waals surface area contributed by atoms with Crippen LogP contribution in [0, 0.1) is 5.92 Å². The van der Waals surface area contributed by atoms with Crippen molar-refractivity contribution in [2.24, 2.45) is 5.92 Å². The molecule has 1 aliphatic heterocycles. The topological polar surface area (TPSA) is 0 Å². The van der Waals surface area contributed by atoms with Gasteiger partial charge in [0, 0.05) is 10.5 Å². The fourth-order valence-corrected chi connectivity index (χ4v) is 4.60. The molecule has 0 spiro atoms. The maximum Gasteiger partial charge on any atom is 0.0394 e. The molecule has 0 saturated carbocycles. The van der Waals surface area contributed by atoms with Crippen LogP contribution in [0.2, 0.25) is 0 Å². The minimum Gasteiger partial charge on any atom is -0.146 e. The Kier molecular flexibility index (Phi) is 4.12. The molecule has 0 saturated heterocycles. The lowest BCUT2D eigenvalue weighted by Gasteiger charge is -2.35. The van der Waals surface area contributed by atoms with Gasteiger partial charge in [-0.3, -0.25) is 0 Å². The molecule has 1 unspecified atom stereocenters. The molecule has 0 fully saturated rings. The van der Waals surface area contributed by atoms with Crippen molar-refractivity contribution in [3.63, 3.8) is 0 Å². The Morgan fingerprint density at radius 3 is 2.21 bits per heavy atom. The van der Waals surface area contributed by atoms with Crippen LogP contribution in [-0.2, 0) is 0 Å². The van der Waals surface area contributed by atoms with E-state index in [2.05, 4.69) is 46.4 Å². The zero-order valence-electron chi connectivity index (χ0n) is 10.3. The Morgan fingerprint density at radius 2 is 1.86 bits per heavy atom. The molecular weight excluding hydrogens is 188 g/mol. The maximum absolute atomic E-state index is 2.38. The van der Waals surface area contributed by atoms with Gasteiger partial charge in [-0.25, -0.2) is 0 Å². The van der Waals surface area contributed by atoms with E-state index in [1.54, 1.807) is 11.1 Å². The molecule has 0 radical (unpaired) electrons. The molecule has 14 heavy (non-hydrogen) atoms. The zero-order valence-corrected chi connectivity index (χ0v) is 11.1. The van der Waals surface area contributed by atoms with Gasteiger partial charge in [0.05, 0.1) is 0 Å². The van der Waals surface area contributed by atoms with Crippen molar-refractivity contribution in [2.45, 2.75) is 58.6 Å². The lowest BCUT2D eigenvalue weighted by Crippen LogP contribution is -2.30. The van der Waals surface area contributed by atoms with Crippen LogP contribution in [0.3, 0.4) is 0 Å². The van der Waals surface area contributed by atoms with E-state index >= 15 is 0 Å². The molecule has 0 aromatic carbocycles. The van der Waals surface area contributed by atoms with Gasteiger partial charge in [0.25, 0.3) is 0 Å². The van der Waals surface area contributed by atoms with Gasteiger partial charge in [0.15, 0.2) is 0 Å². The monoisotopic (exact) mass is 212 g/mol. The molecule has 1 atom stereocenters. The summed E-state index contributed by atoms with van der Waals surface area (Å²) in [5.74, 6) is 2.06. The quantitative estimate of drug-likeness (QED) is 0.611. The Morgan fingerprint density at radius 1 is 1.21 bits per heavy atom. The van der Waals surface area contributed by atoms with E-state index in [-0.39, 0.29) is 0 Å². The molecule has 0 aliphatic carbocycles. The van der Waals surface area contributed by atoms with Gasteiger partial charge in [0.2, 0.25) is 0 Å². The number of rotatable bonds is 4. The highest BCUT2D eigenvalue weighted by Gasteiger charge is 2.40. The predicted octanol–water partition coefficient (Wildman–Crippen LogP) is 4.65. The lowest BCUT2D eigenvalue weighted by molar-refractivity contribution is 0.469. The second kappa shape index (κ2) is 4.74. The van der Waals surface area contributed by atoms with Gasteiger partial charge in [0.1, 0.15) is 0 Å². The van der Waals surface area contributed by atoms with Crippen molar-refractivity contribution >= 4 is 11.8 Å². The first-order valence-electron chi connectivity index (χ1n) is 5.97. The summed E-state index contributed by atoms with van der Waals surface area (Å²) < 4.78 is 0.472. The van der Waals surface area contributed by atoms with E-state index in [0.717, 1.165) is 5.92 Å². The molecule has 0 bridgehead atoms. The molecule has 0 N–H and O–H groups in total. The molecule has 1 aliphatic rings. The fraction of sp³-hybridized carbons (Fsp3) is 0.846. The maximum atomic E-state index is 2.38. The minimum absolute atomic E-state index is 0.472. The first-order chi connectivity index (χ1) is 6.62. The predicted molar refractivity (Wildman–Crippen MR) is 67.9 cm³/mol. The van der Waals surface area contributed by atoms with Crippen molar-refractivity contribution in [3.8, 4) is 0 Å². The highest BCUT2D eigenvalue weighted by atomic mass is 32.2. The highest BCUT2D eigenvalue weighted by Crippen LogP contribution is 2.51. The highest BCUT2D eigenvalue weighted by molar-refractivity contribution is 8.01. The summed E-state index contributed by atoms with van der Waals surface area (Å²) >= 11 is 2.19. The van der Waals surface area contributed by atoms with Crippen LogP contribution in [0.25, 0.3) is 0 Å². The number of thioether (sulfide) groups is 1. The Balaban J connectivity index is 3.05. The molecule has 0 aromatic rings. The van der Waals surface area contributed by atoms with Crippen LogP contribution in [0.5, 0.6) is 0 Å². The standard InChI is InChI=1S/C13H24S/c1-6-11-9-14-13(8-3,10(4)5)12(11)7-2/h10H,6-9H2,1-5H3. The van der Waals surface area contributed by atoms with Gasteiger partial charge >= 0.3 is 0 Å². The SMILES string of the molecule is CCC1=C(CC)C(CC)(C(C)C)SC1. The van der Waals surface area contributed by atoms with Crippen molar-refractivity contribution in [2.75, 3.05) is 5.75 Å². The summed E-state index contributed by atoms with van der Waals surface area (Å²) in [6.45, 7) is 11.7. The van der Waals surface area contributed by atoms with Crippen molar-refractivity contribution in [1.29, 1.82) is 0 Å². The Labute approximate surface area is 93.5 Å². The first-order valence-corrected chi connectivity index (χ1v) is 6.96. The first kappa shape index (κ1) is 12.2. The molecule has 1 heteroatoms. The third kappa shape index (κ3) is 1.76. The van der Waals surface area contributed by atoms with Crippen LogP contribution in [-0.4, -0.2) is 10.5 Å². The summed E-state index contributed by atoms with van der Waals surface area (Å²) in [5, 5.41) is 0. The van der Waals surface area contributed by atoms with Gasteiger partial charge in [-0.05, 0) is 25.2 Å². The van der Waals surface area contributed by atoms with Crippen molar-refractivity contribution in [1.82, 2.24) is 0 Å². The molecule has 82 valence electrons. The second-order valence-electron chi connectivity index (χ2n) is 4.48. The van der Waals surface area contributed by atoms with Gasteiger partial charge in [-0.2, -0.15) is 0 Å². The zero-order chi connectivity index (χ0) is 10.8. The van der Waals surface area contributed by atoms with E-state index in [1.807, 2.05) is 0 Å². The van der Waals surface area contributed by atoms with E-state index < -0.39 is 0 Å². The van der Waals surface area contributed by atoms with Gasteiger partial charge < -0.3 is 0 Å². The summed E-state index contributed by atoms with van der Waals surface area (Å²) in [6.07, 6.45) is 3.80. The van der Waals surface area contributed by atoms with E-state index in [4.69, 9.17) is 0 Å². The van der Waals surface area contributed by atoms with Crippen LogP contribution in [0.1, 0.15) is 53.9 Å². The normalized spacial score (nSPS) is 27.9. The third-order valence-electron chi connectivity index (χ3n) is 3.68. The molecular formula is C13H24S. The van der Waals surface area contributed by atoms with Gasteiger partial charge in [-0.1, -0.05) is 45.8 Å². The Bertz CT molecular complexity index is 227. The van der Waals surface area contributed by atoms with Crippen molar-refractivity contribution < 1.29 is 0 Å². The minimum atomic E-state index is 0.472.